The van der Waals surface area contributed by atoms with Gasteiger partial charge in [0.15, 0.2) is 0 Å². The van der Waals surface area contributed by atoms with Crippen LogP contribution in [0.15, 0.2) is 30.9 Å². The first-order chi connectivity index (χ1) is 7.70. The van der Waals surface area contributed by atoms with Crippen LogP contribution in [0.4, 0.5) is 0 Å². The number of hydrogen-bond donors (Lipinski definition) is 0. The van der Waals surface area contributed by atoms with E-state index in [9.17, 15) is 0 Å². The van der Waals surface area contributed by atoms with Gasteiger partial charge >= 0.3 is 0 Å². The minimum absolute atomic E-state index is 0.608. The molecule has 1 fully saturated rings. The lowest BCUT2D eigenvalue weighted by Crippen LogP contribution is -2.23. The molecule has 0 amide bonds. The molecule has 0 saturated carbocycles. The van der Waals surface area contributed by atoms with E-state index in [1.165, 1.54) is 36.1 Å². The Morgan fingerprint density at radius 3 is 2.62 bits per heavy atom. The zero-order valence-electron chi connectivity index (χ0n) is 10.4. The second-order valence-corrected chi connectivity index (χ2v) is 4.86. The summed E-state index contributed by atoms with van der Waals surface area (Å²) in [5, 5.41) is 0. The van der Waals surface area contributed by atoms with Crippen molar-refractivity contribution in [2.75, 3.05) is 13.1 Å². The summed E-state index contributed by atoms with van der Waals surface area (Å²) in [6, 6.07) is 7.52. The van der Waals surface area contributed by atoms with E-state index in [0.29, 0.717) is 6.04 Å². The summed E-state index contributed by atoms with van der Waals surface area (Å²) >= 11 is 0. The lowest BCUT2D eigenvalue weighted by Gasteiger charge is -2.24. The summed E-state index contributed by atoms with van der Waals surface area (Å²) in [6.45, 7) is 10.4. The predicted molar refractivity (Wildman–Crippen MR) is 69.7 cm³/mol. The van der Waals surface area contributed by atoms with Crippen molar-refractivity contribution in [3.8, 4) is 0 Å². The highest BCUT2D eigenvalue weighted by Crippen LogP contribution is 2.32. The third-order valence-electron chi connectivity index (χ3n) is 3.36. The van der Waals surface area contributed by atoms with Crippen LogP contribution in [0.1, 0.15) is 35.6 Å². The quantitative estimate of drug-likeness (QED) is 0.696. The molecule has 16 heavy (non-hydrogen) atoms. The van der Waals surface area contributed by atoms with Crippen LogP contribution in [-0.2, 0) is 0 Å². The fourth-order valence-corrected chi connectivity index (χ4v) is 2.79. The largest absolute Gasteiger partial charge is 0.293 e. The Bertz CT molecular complexity index is 361. The molecule has 0 N–H and O–H groups in total. The summed E-state index contributed by atoms with van der Waals surface area (Å²) < 4.78 is 0. The van der Waals surface area contributed by atoms with E-state index in [0.717, 1.165) is 6.54 Å². The molecule has 1 heteroatoms. The second-order valence-electron chi connectivity index (χ2n) is 4.86. The van der Waals surface area contributed by atoms with Crippen LogP contribution < -0.4 is 0 Å². The topological polar surface area (TPSA) is 3.24 Å². The minimum Gasteiger partial charge on any atom is -0.293 e. The number of hydrogen-bond acceptors (Lipinski definition) is 1. The van der Waals surface area contributed by atoms with Gasteiger partial charge in [0.2, 0.25) is 0 Å². The molecule has 1 heterocycles. The van der Waals surface area contributed by atoms with Crippen molar-refractivity contribution in [3.63, 3.8) is 0 Å². The van der Waals surface area contributed by atoms with Gasteiger partial charge in [-0.05, 0) is 38.8 Å². The molecule has 0 aliphatic carbocycles. The fraction of sp³-hybridized carbons (Fsp3) is 0.467. The number of likely N-dealkylation sites (tertiary alicyclic amines) is 1. The third-order valence-corrected chi connectivity index (χ3v) is 3.36. The van der Waals surface area contributed by atoms with Crippen LogP contribution in [0.2, 0.25) is 0 Å². The maximum atomic E-state index is 3.85. The normalized spacial score (nSPS) is 21.2. The second kappa shape index (κ2) is 4.84. The Hall–Kier alpha value is -1.08. The lowest BCUT2D eigenvalue weighted by molar-refractivity contribution is 0.285. The van der Waals surface area contributed by atoms with Gasteiger partial charge in [0.1, 0.15) is 0 Å². The molecule has 1 aromatic rings. The predicted octanol–water partition coefficient (Wildman–Crippen LogP) is 3.63. The zero-order valence-corrected chi connectivity index (χ0v) is 10.4. The van der Waals surface area contributed by atoms with E-state index < -0.39 is 0 Å². The van der Waals surface area contributed by atoms with Gasteiger partial charge in [-0.1, -0.05) is 35.4 Å². The molecule has 1 atom stereocenters. The molecule has 1 nitrogen and oxygen atoms in total. The van der Waals surface area contributed by atoms with Gasteiger partial charge in [0.25, 0.3) is 0 Å². The highest BCUT2D eigenvalue weighted by molar-refractivity contribution is 5.31. The molecule has 1 aromatic carbocycles. The Balaban J connectivity index is 2.25. The van der Waals surface area contributed by atoms with Crippen LogP contribution in [0.5, 0.6) is 0 Å². The molecular weight excluding hydrogens is 194 g/mol. The Labute approximate surface area is 98.8 Å². The average Bonchev–Trinajstić information content (AvgIpc) is 2.65. The lowest BCUT2D eigenvalue weighted by atomic mass is 10.00. The van der Waals surface area contributed by atoms with E-state index in [2.05, 4.69) is 43.5 Å². The van der Waals surface area contributed by atoms with Crippen molar-refractivity contribution in [3.05, 3.63) is 47.5 Å². The van der Waals surface area contributed by atoms with Crippen LogP contribution >= 0.6 is 0 Å². The van der Waals surface area contributed by atoms with Crippen LogP contribution in [0, 0.1) is 13.8 Å². The number of benzene rings is 1. The van der Waals surface area contributed by atoms with Crippen molar-refractivity contribution >= 4 is 0 Å². The summed E-state index contributed by atoms with van der Waals surface area (Å²) in [4.78, 5) is 2.53. The Morgan fingerprint density at radius 2 is 2.00 bits per heavy atom. The van der Waals surface area contributed by atoms with Gasteiger partial charge in [-0.25, -0.2) is 0 Å². The van der Waals surface area contributed by atoms with Crippen molar-refractivity contribution in [2.45, 2.75) is 32.7 Å². The summed E-state index contributed by atoms with van der Waals surface area (Å²) in [5.41, 5.74) is 4.23. The number of nitrogens with zero attached hydrogens (tertiary/aromatic N) is 1. The number of rotatable bonds is 3. The SMILES string of the molecule is C=CCN1CCCC1c1cc(C)cc(C)c1. The van der Waals surface area contributed by atoms with Crippen LogP contribution in [0.3, 0.4) is 0 Å². The highest BCUT2D eigenvalue weighted by Gasteiger charge is 2.24. The fourth-order valence-electron chi connectivity index (χ4n) is 2.79. The molecule has 1 saturated heterocycles. The molecule has 2 rings (SSSR count). The number of aryl methyl sites for hydroxylation is 2. The highest BCUT2D eigenvalue weighted by atomic mass is 15.2. The molecular formula is C15H21N. The van der Waals surface area contributed by atoms with Crippen molar-refractivity contribution in [1.82, 2.24) is 4.90 Å². The molecule has 1 unspecified atom stereocenters. The maximum Gasteiger partial charge on any atom is 0.0352 e. The van der Waals surface area contributed by atoms with E-state index in [1.807, 2.05) is 6.08 Å². The van der Waals surface area contributed by atoms with Gasteiger partial charge in [0.05, 0.1) is 0 Å². The first-order valence-electron chi connectivity index (χ1n) is 6.14. The molecule has 0 aromatic heterocycles. The van der Waals surface area contributed by atoms with Gasteiger partial charge in [0, 0.05) is 12.6 Å². The van der Waals surface area contributed by atoms with Gasteiger partial charge in [-0.3, -0.25) is 4.90 Å². The van der Waals surface area contributed by atoms with Gasteiger partial charge < -0.3 is 0 Å². The van der Waals surface area contributed by atoms with Gasteiger partial charge in [-0.15, -0.1) is 6.58 Å². The van der Waals surface area contributed by atoms with Crippen LogP contribution in [0.25, 0.3) is 0 Å². The van der Waals surface area contributed by atoms with Crippen molar-refractivity contribution in [1.29, 1.82) is 0 Å². The zero-order chi connectivity index (χ0) is 11.5. The molecule has 0 spiro atoms. The maximum absolute atomic E-state index is 3.85. The summed E-state index contributed by atoms with van der Waals surface area (Å²) in [5.74, 6) is 0. The summed E-state index contributed by atoms with van der Waals surface area (Å²) in [7, 11) is 0. The van der Waals surface area contributed by atoms with Crippen LogP contribution in [-0.4, -0.2) is 18.0 Å². The average molecular weight is 215 g/mol. The monoisotopic (exact) mass is 215 g/mol. The summed E-state index contributed by atoms with van der Waals surface area (Å²) in [6.07, 6.45) is 4.61. The van der Waals surface area contributed by atoms with E-state index in [4.69, 9.17) is 0 Å². The molecule has 86 valence electrons. The first kappa shape index (κ1) is 11.4. The molecule has 1 aliphatic rings. The third kappa shape index (κ3) is 2.35. The minimum atomic E-state index is 0.608. The van der Waals surface area contributed by atoms with Crippen molar-refractivity contribution < 1.29 is 0 Å². The molecule has 0 radical (unpaired) electrons. The smallest absolute Gasteiger partial charge is 0.0352 e. The van der Waals surface area contributed by atoms with E-state index in [-0.39, 0.29) is 0 Å². The van der Waals surface area contributed by atoms with E-state index >= 15 is 0 Å². The standard InChI is InChI=1S/C15H21N/c1-4-7-16-8-5-6-15(16)14-10-12(2)9-13(3)11-14/h4,9-11,15H,1,5-8H2,2-3H3. The Kier molecular flexibility index (Phi) is 3.45. The van der Waals surface area contributed by atoms with Gasteiger partial charge in [-0.2, -0.15) is 0 Å². The molecule has 1 aliphatic heterocycles. The first-order valence-corrected chi connectivity index (χ1v) is 6.14. The Morgan fingerprint density at radius 1 is 1.31 bits per heavy atom. The molecule has 0 bridgehead atoms. The van der Waals surface area contributed by atoms with Crippen molar-refractivity contribution in [2.24, 2.45) is 0 Å². The van der Waals surface area contributed by atoms with E-state index in [1.54, 1.807) is 0 Å².